The van der Waals surface area contributed by atoms with Crippen LogP contribution in [-0.4, -0.2) is 12.6 Å². The van der Waals surface area contributed by atoms with Gasteiger partial charge in [0.1, 0.15) is 5.75 Å². The van der Waals surface area contributed by atoms with Gasteiger partial charge in [0.2, 0.25) is 0 Å². The fraction of sp³-hybridized carbons (Fsp3) is 0.562. The molecule has 1 N–H and O–H groups in total. The van der Waals surface area contributed by atoms with Gasteiger partial charge in [0, 0.05) is 12.1 Å². The van der Waals surface area contributed by atoms with Gasteiger partial charge in [-0.2, -0.15) is 5.26 Å². The Kier molecular flexibility index (Phi) is 4.81. The molecule has 0 amide bonds. The molecule has 3 heteroatoms. The van der Waals surface area contributed by atoms with Crippen LogP contribution in [0.3, 0.4) is 0 Å². The lowest BCUT2D eigenvalue weighted by Gasteiger charge is -2.22. The molecule has 19 heavy (non-hydrogen) atoms. The first-order valence-corrected chi connectivity index (χ1v) is 7.13. The monoisotopic (exact) mass is 258 g/mol. The van der Waals surface area contributed by atoms with Crippen molar-refractivity contribution in [3.05, 3.63) is 29.8 Å². The molecule has 3 nitrogen and oxygen atoms in total. The van der Waals surface area contributed by atoms with Crippen LogP contribution in [0.5, 0.6) is 5.75 Å². The van der Waals surface area contributed by atoms with Crippen molar-refractivity contribution in [2.75, 3.05) is 6.61 Å². The number of nitrogens with one attached hydrogen (secondary N) is 1. The molecule has 3 atom stereocenters. The molecule has 0 aromatic heterocycles. The molecule has 1 aliphatic carbocycles. The molecule has 1 aliphatic rings. The quantitative estimate of drug-likeness (QED) is 0.880. The summed E-state index contributed by atoms with van der Waals surface area (Å²) in [6.45, 7) is 4.84. The minimum Gasteiger partial charge on any atom is -0.494 e. The van der Waals surface area contributed by atoms with Crippen molar-refractivity contribution in [3.8, 4) is 11.8 Å². The Labute approximate surface area is 115 Å². The second-order valence-corrected chi connectivity index (χ2v) is 5.16. The fourth-order valence-corrected chi connectivity index (χ4v) is 2.75. The summed E-state index contributed by atoms with van der Waals surface area (Å²) in [4.78, 5) is 0. The first-order chi connectivity index (χ1) is 9.24. The molecule has 0 radical (unpaired) electrons. The number of rotatable bonds is 5. The summed E-state index contributed by atoms with van der Waals surface area (Å²) in [5, 5.41) is 12.7. The van der Waals surface area contributed by atoms with Crippen molar-refractivity contribution in [1.82, 2.24) is 5.32 Å². The van der Waals surface area contributed by atoms with E-state index in [9.17, 15) is 0 Å². The molecule has 102 valence electrons. The molecule has 1 aromatic carbocycles. The number of ether oxygens (including phenoxy) is 1. The second-order valence-electron chi connectivity index (χ2n) is 5.16. The molecular formula is C16H22N2O. The van der Waals surface area contributed by atoms with Crippen LogP contribution in [0.25, 0.3) is 0 Å². The van der Waals surface area contributed by atoms with Crippen molar-refractivity contribution in [3.63, 3.8) is 0 Å². The fourth-order valence-electron chi connectivity index (χ4n) is 2.75. The third-order valence-corrected chi connectivity index (χ3v) is 3.84. The lowest BCUT2D eigenvalue weighted by molar-refractivity contribution is 0.340. The van der Waals surface area contributed by atoms with Crippen LogP contribution < -0.4 is 10.1 Å². The van der Waals surface area contributed by atoms with Crippen LogP contribution in [0, 0.1) is 17.2 Å². The van der Waals surface area contributed by atoms with E-state index in [2.05, 4.69) is 30.4 Å². The lowest BCUT2D eigenvalue weighted by atomic mass is 10.0. The molecule has 0 spiro atoms. The van der Waals surface area contributed by atoms with Crippen LogP contribution in [0.2, 0.25) is 0 Å². The van der Waals surface area contributed by atoms with Crippen LogP contribution in [0.15, 0.2) is 24.3 Å². The Hall–Kier alpha value is -1.53. The molecule has 1 aromatic rings. The first-order valence-electron chi connectivity index (χ1n) is 7.13. The van der Waals surface area contributed by atoms with E-state index in [4.69, 9.17) is 10.00 Å². The number of nitriles is 1. The number of hydrogen-bond acceptors (Lipinski definition) is 3. The molecule has 0 aliphatic heterocycles. The average Bonchev–Trinajstić information content (AvgIpc) is 2.87. The Morgan fingerprint density at radius 1 is 1.37 bits per heavy atom. The van der Waals surface area contributed by atoms with E-state index in [1.165, 1.54) is 5.56 Å². The molecule has 2 rings (SSSR count). The van der Waals surface area contributed by atoms with E-state index in [0.29, 0.717) is 12.6 Å². The van der Waals surface area contributed by atoms with Gasteiger partial charge >= 0.3 is 0 Å². The largest absolute Gasteiger partial charge is 0.494 e. The van der Waals surface area contributed by atoms with Crippen molar-refractivity contribution >= 4 is 0 Å². The molecule has 0 bridgehead atoms. The summed E-state index contributed by atoms with van der Waals surface area (Å²) in [6, 6.07) is 11.2. The van der Waals surface area contributed by atoms with Crippen LogP contribution >= 0.6 is 0 Å². The number of hydrogen-bond donors (Lipinski definition) is 1. The average molecular weight is 258 g/mol. The topological polar surface area (TPSA) is 45.0 Å². The molecule has 0 heterocycles. The molecule has 1 saturated carbocycles. The Balaban J connectivity index is 1.95. The number of benzene rings is 1. The van der Waals surface area contributed by atoms with Crippen molar-refractivity contribution < 1.29 is 4.74 Å². The van der Waals surface area contributed by atoms with Crippen molar-refractivity contribution in [1.29, 1.82) is 5.26 Å². The lowest BCUT2D eigenvalue weighted by Crippen LogP contribution is -2.33. The van der Waals surface area contributed by atoms with Gasteiger partial charge in [-0.3, -0.25) is 0 Å². The third kappa shape index (κ3) is 3.48. The van der Waals surface area contributed by atoms with E-state index in [-0.39, 0.29) is 12.0 Å². The van der Waals surface area contributed by atoms with Crippen molar-refractivity contribution in [2.45, 2.75) is 45.2 Å². The summed E-state index contributed by atoms with van der Waals surface area (Å²) in [7, 11) is 0. The maximum atomic E-state index is 9.11. The summed E-state index contributed by atoms with van der Waals surface area (Å²) >= 11 is 0. The van der Waals surface area contributed by atoms with Gasteiger partial charge in [0.25, 0.3) is 0 Å². The number of nitrogens with zero attached hydrogens (tertiary/aromatic N) is 1. The zero-order chi connectivity index (χ0) is 13.7. The maximum Gasteiger partial charge on any atom is 0.119 e. The minimum atomic E-state index is 0.171. The summed E-state index contributed by atoms with van der Waals surface area (Å²) < 4.78 is 5.45. The summed E-state index contributed by atoms with van der Waals surface area (Å²) in [6.07, 6.45) is 3.30. The van der Waals surface area contributed by atoms with Crippen LogP contribution in [0.4, 0.5) is 0 Å². The van der Waals surface area contributed by atoms with Gasteiger partial charge in [-0.15, -0.1) is 0 Å². The zero-order valence-electron chi connectivity index (χ0n) is 11.7. The van der Waals surface area contributed by atoms with Gasteiger partial charge in [0.05, 0.1) is 18.6 Å². The molecule has 0 saturated heterocycles. The maximum absolute atomic E-state index is 9.11. The SMILES string of the molecule is CCOc1ccc(C(C)NC2CCCC2C#N)cc1. The van der Waals surface area contributed by atoms with Crippen LogP contribution in [0.1, 0.15) is 44.7 Å². The second kappa shape index (κ2) is 6.58. The van der Waals surface area contributed by atoms with E-state index in [0.717, 1.165) is 25.0 Å². The minimum absolute atomic E-state index is 0.171. The zero-order valence-corrected chi connectivity index (χ0v) is 11.7. The Morgan fingerprint density at radius 3 is 2.74 bits per heavy atom. The highest BCUT2D eigenvalue weighted by molar-refractivity contribution is 5.29. The summed E-state index contributed by atoms with van der Waals surface area (Å²) in [5.41, 5.74) is 1.24. The van der Waals surface area contributed by atoms with E-state index in [1.54, 1.807) is 0 Å². The Morgan fingerprint density at radius 2 is 2.11 bits per heavy atom. The normalized spacial score (nSPS) is 23.8. The van der Waals surface area contributed by atoms with Gasteiger partial charge in [-0.1, -0.05) is 18.6 Å². The van der Waals surface area contributed by atoms with E-state index < -0.39 is 0 Å². The highest BCUT2D eigenvalue weighted by Crippen LogP contribution is 2.27. The molecule has 1 fully saturated rings. The van der Waals surface area contributed by atoms with Crippen molar-refractivity contribution in [2.24, 2.45) is 5.92 Å². The van der Waals surface area contributed by atoms with E-state index in [1.807, 2.05) is 19.1 Å². The predicted molar refractivity (Wildman–Crippen MR) is 75.9 cm³/mol. The molecular weight excluding hydrogens is 236 g/mol. The standard InChI is InChI=1S/C16H22N2O/c1-3-19-15-9-7-13(8-10-15)12(2)18-16-6-4-5-14(16)11-17/h7-10,12,14,16,18H,3-6H2,1-2H3. The predicted octanol–water partition coefficient (Wildman–Crippen LogP) is 3.43. The van der Waals surface area contributed by atoms with Crippen LogP contribution in [-0.2, 0) is 0 Å². The van der Waals surface area contributed by atoms with E-state index >= 15 is 0 Å². The smallest absolute Gasteiger partial charge is 0.119 e. The van der Waals surface area contributed by atoms with Gasteiger partial charge in [-0.25, -0.2) is 0 Å². The summed E-state index contributed by atoms with van der Waals surface area (Å²) in [5.74, 6) is 1.08. The van der Waals surface area contributed by atoms with Gasteiger partial charge < -0.3 is 10.1 Å². The first kappa shape index (κ1) is 13.9. The highest BCUT2D eigenvalue weighted by atomic mass is 16.5. The third-order valence-electron chi connectivity index (χ3n) is 3.84. The molecule has 3 unspecified atom stereocenters. The van der Waals surface area contributed by atoms with Gasteiger partial charge in [0.15, 0.2) is 0 Å². The van der Waals surface area contributed by atoms with Gasteiger partial charge in [-0.05, 0) is 44.4 Å². The Bertz CT molecular complexity index is 435. The highest BCUT2D eigenvalue weighted by Gasteiger charge is 2.28.